The van der Waals surface area contributed by atoms with Crippen molar-refractivity contribution in [1.29, 1.82) is 0 Å². The fourth-order valence-electron chi connectivity index (χ4n) is 6.12. The standard InChI is InChI=1S/C40H35BrN6O5S/c1-50-30-14-8-27(9-15-30)24-46(25-28-10-16-31(51-2)17-11-28)53(48,49)39-36(41)21-20-35(33-22-23-42-37-7-5-4-6-34(33)37)38(39)40-43-45-47(44-40)26-29-12-18-32(52-3)19-13-29/h4-23H,24-26H2,1-3H3. The fourth-order valence-corrected chi connectivity index (χ4v) is 8.73. The molecule has 0 spiro atoms. The highest BCUT2D eigenvalue weighted by molar-refractivity contribution is 9.10. The van der Waals surface area contributed by atoms with Crippen molar-refractivity contribution in [2.24, 2.45) is 0 Å². The minimum atomic E-state index is -4.30. The van der Waals surface area contributed by atoms with Crippen LogP contribution in [0.4, 0.5) is 0 Å². The molecule has 2 heterocycles. The molecular formula is C40H35BrN6O5S. The normalized spacial score (nSPS) is 11.6. The zero-order valence-electron chi connectivity index (χ0n) is 29.2. The highest BCUT2D eigenvalue weighted by Gasteiger charge is 2.34. The second-order valence-corrected chi connectivity index (χ2v) is 14.9. The molecule has 11 nitrogen and oxygen atoms in total. The van der Waals surface area contributed by atoms with Crippen molar-refractivity contribution in [2.45, 2.75) is 24.5 Å². The number of nitrogens with zero attached hydrogens (tertiary/aromatic N) is 6. The SMILES string of the molecule is COc1ccc(CN(Cc2ccc(OC)cc2)S(=O)(=O)c2c(Br)ccc(-c3ccnc4ccccc34)c2-c2nnn(Cc3ccc(OC)cc3)n2)cc1. The lowest BCUT2D eigenvalue weighted by atomic mass is 9.96. The Labute approximate surface area is 316 Å². The van der Waals surface area contributed by atoms with Gasteiger partial charge < -0.3 is 14.2 Å². The summed E-state index contributed by atoms with van der Waals surface area (Å²) in [5, 5.41) is 14.5. The number of tetrazole rings is 1. The molecule has 0 saturated carbocycles. The summed E-state index contributed by atoms with van der Waals surface area (Å²) in [6.07, 6.45) is 1.71. The number of methoxy groups -OCH3 is 3. The number of pyridine rings is 1. The smallest absolute Gasteiger partial charge is 0.245 e. The van der Waals surface area contributed by atoms with E-state index in [0.717, 1.165) is 38.9 Å². The van der Waals surface area contributed by atoms with Gasteiger partial charge in [0.2, 0.25) is 15.8 Å². The van der Waals surface area contributed by atoms with Crippen LogP contribution < -0.4 is 14.2 Å². The van der Waals surface area contributed by atoms with Crippen LogP contribution in [0.2, 0.25) is 0 Å². The van der Waals surface area contributed by atoms with E-state index in [1.807, 2.05) is 109 Å². The minimum Gasteiger partial charge on any atom is -0.497 e. The van der Waals surface area contributed by atoms with Crippen molar-refractivity contribution in [1.82, 2.24) is 29.5 Å². The zero-order valence-corrected chi connectivity index (χ0v) is 31.6. The number of hydrogen-bond acceptors (Lipinski definition) is 9. The summed E-state index contributed by atoms with van der Waals surface area (Å²) in [5.41, 5.74) is 4.94. The van der Waals surface area contributed by atoms with Gasteiger partial charge in [-0.3, -0.25) is 4.98 Å². The van der Waals surface area contributed by atoms with Gasteiger partial charge in [-0.1, -0.05) is 60.7 Å². The molecule has 0 unspecified atom stereocenters. The fraction of sp³-hybridized carbons (Fsp3) is 0.150. The number of halogens is 1. The lowest BCUT2D eigenvalue weighted by Gasteiger charge is -2.25. The van der Waals surface area contributed by atoms with Gasteiger partial charge >= 0.3 is 0 Å². The van der Waals surface area contributed by atoms with Gasteiger partial charge in [-0.2, -0.15) is 9.10 Å². The van der Waals surface area contributed by atoms with E-state index < -0.39 is 10.0 Å². The summed E-state index contributed by atoms with van der Waals surface area (Å²) in [7, 11) is 0.496. The quantitative estimate of drug-likeness (QED) is 0.115. The largest absolute Gasteiger partial charge is 0.497 e. The lowest BCUT2D eigenvalue weighted by Crippen LogP contribution is -2.31. The topological polar surface area (TPSA) is 122 Å². The van der Waals surface area contributed by atoms with Gasteiger partial charge in [-0.05, 0) is 104 Å². The van der Waals surface area contributed by atoms with Gasteiger partial charge in [-0.25, -0.2) is 8.42 Å². The van der Waals surface area contributed by atoms with Crippen molar-refractivity contribution < 1.29 is 22.6 Å². The molecule has 0 atom stereocenters. The minimum absolute atomic E-state index is 0.0157. The van der Waals surface area contributed by atoms with Crippen LogP contribution >= 0.6 is 15.9 Å². The molecule has 0 aliphatic carbocycles. The molecule has 0 N–H and O–H groups in total. The highest BCUT2D eigenvalue weighted by Crippen LogP contribution is 2.43. The van der Waals surface area contributed by atoms with Crippen molar-refractivity contribution in [3.05, 3.63) is 143 Å². The monoisotopic (exact) mass is 790 g/mol. The van der Waals surface area contributed by atoms with E-state index >= 15 is 8.42 Å². The van der Waals surface area contributed by atoms with Gasteiger partial charge in [0.25, 0.3) is 0 Å². The lowest BCUT2D eigenvalue weighted by molar-refractivity contribution is 0.397. The van der Waals surface area contributed by atoms with Crippen molar-refractivity contribution in [3.8, 4) is 39.8 Å². The number of benzene rings is 5. The Balaban J connectivity index is 1.41. The molecule has 5 aromatic carbocycles. The van der Waals surface area contributed by atoms with Crippen LogP contribution in [-0.2, 0) is 29.7 Å². The Hall–Kier alpha value is -5.63. The van der Waals surface area contributed by atoms with Crippen LogP contribution in [-0.4, -0.2) is 59.2 Å². The second-order valence-electron chi connectivity index (χ2n) is 12.1. The first-order valence-electron chi connectivity index (χ1n) is 16.6. The molecule has 0 bridgehead atoms. The van der Waals surface area contributed by atoms with Gasteiger partial charge in [0.05, 0.1) is 39.0 Å². The van der Waals surface area contributed by atoms with Crippen LogP contribution in [0.3, 0.4) is 0 Å². The van der Waals surface area contributed by atoms with Crippen LogP contribution in [0, 0.1) is 0 Å². The predicted molar refractivity (Wildman–Crippen MR) is 206 cm³/mol. The van der Waals surface area contributed by atoms with E-state index in [0.29, 0.717) is 33.6 Å². The van der Waals surface area contributed by atoms with Crippen molar-refractivity contribution in [3.63, 3.8) is 0 Å². The molecule has 0 radical (unpaired) electrons. The summed E-state index contributed by atoms with van der Waals surface area (Å²) >= 11 is 3.64. The Morgan fingerprint density at radius 1 is 0.679 bits per heavy atom. The maximum Gasteiger partial charge on any atom is 0.245 e. The van der Waals surface area contributed by atoms with Gasteiger partial charge in [0.15, 0.2) is 0 Å². The van der Waals surface area contributed by atoms with Gasteiger partial charge in [0.1, 0.15) is 22.1 Å². The van der Waals surface area contributed by atoms with Crippen molar-refractivity contribution in [2.75, 3.05) is 21.3 Å². The third kappa shape index (κ3) is 7.63. The first kappa shape index (κ1) is 35.8. The number of hydrogen-bond donors (Lipinski definition) is 0. The molecule has 2 aromatic heterocycles. The summed E-state index contributed by atoms with van der Waals surface area (Å²) < 4.78 is 48.5. The summed E-state index contributed by atoms with van der Waals surface area (Å²) in [5.74, 6) is 2.23. The van der Waals surface area contributed by atoms with Crippen LogP contribution in [0.1, 0.15) is 16.7 Å². The first-order valence-corrected chi connectivity index (χ1v) is 18.8. The molecule has 0 amide bonds. The zero-order chi connectivity index (χ0) is 37.0. The summed E-state index contributed by atoms with van der Waals surface area (Å²) in [6.45, 7) is 0.455. The Kier molecular flexibility index (Phi) is 10.5. The van der Waals surface area contributed by atoms with E-state index in [1.165, 1.54) is 9.10 Å². The molecule has 7 rings (SSSR count). The van der Waals surface area contributed by atoms with Crippen molar-refractivity contribution >= 4 is 36.9 Å². The number of aromatic nitrogens is 5. The van der Waals surface area contributed by atoms with E-state index in [1.54, 1.807) is 33.6 Å². The summed E-state index contributed by atoms with van der Waals surface area (Å²) in [4.78, 5) is 6.03. The second kappa shape index (κ2) is 15.5. The Bertz CT molecular complexity index is 2420. The molecule has 13 heteroatoms. The molecule has 53 heavy (non-hydrogen) atoms. The Morgan fingerprint density at radius 3 is 1.83 bits per heavy atom. The highest BCUT2D eigenvalue weighted by atomic mass is 79.9. The van der Waals surface area contributed by atoms with Crippen LogP contribution in [0.15, 0.2) is 131 Å². The maximum atomic E-state index is 15.3. The molecule has 0 aliphatic rings. The first-order chi connectivity index (χ1) is 25.8. The molecule has 0 aliphatic heterocycles. The molecular weight excluding hydrogens is 756 g/mol. The number of fused-ring (bicyclic) bond motifs is 1. The number of rotatable bonds is 13. The van der Waals surface area contributed by atoms with Crippen LogP contribution in [0.25, 0.3) is 33.4 Å². The summed E-state index contributed by atoms with van der Waals surface area (Å²) in [6, 6.07) is 35.5. The van der Waals surface area contributed by atoms with Gasteiger partial charge in [-0.15, -0.1) is 10.2 Å². The number of ether oxygens (including phenoxy) is 3. The molecule has 0 fully saturated rings. The molecule has 7 aromatic rings. The maximum absolute atomic E-state index is 15.3. The van der Waals surface area contributed by atoms with E-state index in [4.69, 9.17) is 19.3 Å². The Morgan fingerprint density at radius 2 is 1.25 bits per heavy atom. The molecule has 268 valence electrons. The average molecular weight is 792 g/mol. The van der Waals surface area contributed by atoms with Crippen LogP contribution in [0.5, 0.6) is 17.2 Å². The third-order valence-electron chi connectivity index (χ3n) is 8.84. The average Bonchev–Trinajstić information content (AvgIpc) is 3.66. The third-order valence-corrected chi connectivity index (χ3v) is 11.6. The number of sulfonamides is 1. The predicted octanol–water partition coefficient (Wildman–Crippen LogP) is 7.78. The van der Waals surface area contributed by atoms with E-state index in [9.17, 15) is 0 Å². The number of para-hydroxylation sites is 1. The van der Waals surface area contributed by atoms with E-state index in [-0.39, 0.29) is 23.8 Å². The molecule has 0 saturated heterocycles. The van der Waals surface area contributed by atoms with Gasteiger partial charge in [0, 0.05) is 29.1 Å². The van der Waals surface area contributed by atoms with E-state index in [2.05, 4.69) is 31.2 Å².